The fourth-order valence-electron chi connectivity index (χ4n) is 2.18. The minimum Gasteiger partial charge on any atom is -0.313 e. The van der Waals surface area contributed by atoms with E-state index in [2.05, 4.69) is 5.32 Å². The van der Waals surface area contributed by atoms with E-state index < -0.39 is 10.8 Å². The summed E-state index contributed by atoms with van der Waals surface area (Å²) in [6.45, 7) is 2.93. The van der Waals surface area contributed by atoms with Crippen LogP contribution in [0.1, 0.15) is 51.9 Å². The first-order valence-electron chi connectivity index (χ1n) is 6.41. The maximum absolute atomic E-state index is 11.2. The van der Waals surface area contributed by atoms with Crippen LogP contribution in [0.4, 0.5) is 0 Å². The molecule has 1 aliphatic rings. The average Bonchev–Trinajstić information content (AvgIpc) is 2.20. The zero-order valence-corrected chi connectivity index (χ0v) is 10.8. The van der Waals surface area contributed by atoms with E-state index in [1.807, 2.05) is 6.92 Å². The zero-order valence-electron chi connectivity index (χ0n) is 9.96. The Hall–Kier alpha value is 0.110. The quantitative estimate of drug-likeness (QED) is 0.787. The van der Waals surface area contributed by atoms with E-state index in [0.717, 1.165) is 18.1 Å². The van der Waals surface area contributed by atoms with Gasteiger partial charge in [0.2, 0.25) is 0 Å². The van der Waals surface area contributed by atoms with Crippen LogP contribution in [0.15, 0.2) is 0 Å². The number of hydrogen-bond acceptors (Lipinski definition) is 2. The summed E-state index contributed by atoms with van der Waals surface area (Å²) < 4.78 is 11.2. The highest BCUT2D eigenvalue weighted by molar-refractivity contribution is 7.84. The molecule has 0 aromatic carbocycles. The SMILES string of the molecule is CCS(=O)CCNC1CCCCCCC1. The minimum atomic E-state index is -0.602. The third-order valence-corrected chi connectivity index (χ3v) is 4.49. The lowest BCUT2D eigenvalue weighted by atomic mass is 9.97. The Morgan fingerprint density at radius 3 is 2.33 bits per heavy atom. The fraction of sp³-hybridized carbons (Fsp3) is 1.00. The van der Waals surface area contributed by atoms with Gasteiger partial charge in [-0.05, 0) is 12.8 Å². The van der Waals surface area contributed by atoms with Crippen molar-refractivity contribution in [3.8, 4) is 0 Å². The highest BCUT2D eigenvalue weighted by Gasteiger charge is 2.10. The van der Waals surface area contributed by atoms with Gasteiger partial charge in [-0.3, -0.25) is 4.21 Å². The molecule has 1 N–H and O–H groups in total. The predicted octanol–water partition coefficient (Wildman–Crippen LogP) is 2.46. The van der Waals surface area contributed by atoms with Gasteiger partial charge < -0.3 is 5.32 Å². The van der Waals surface area contributed by atoms with Crippen LogP contribution in [0.5, 0.6) is 0 Å². The molecule has 15 heavy (non-hydrogen) atoms. The normalized spacial score (nSPS) is 21.9. The Bertz CT molecular complexity index is 176. The number of rotatable bonds is 5. The van der Waals surface area contributed by atoms with E-state index in [1.165, 1.54) is 44.9 Å². The molecule has 1 unspecified atom stereocenters. The molecule has 3 heteroatoms. The second-order valence-electron chi connectivity index (χ2n) is 4.43. The largest absolute Gasteiger partial charge is 0.313 e. The summed E-state index contributed by atoms with van der Waals surface area (Å²) in [6, 6.07) is 0.694. The van der Waals surface area contributed by atoms with Crippen LogP contribution >= 0.6 is 0 Å². The molecule has 1 saturated carbocycles. The summed E-state index contributed by atoms with van der Waals surface area (Å²) in [6.07, 6.45) is 9.60. The Morgan fingerprint density at radius 2 is 1.73 bits per heavy atom. The minimum absolute atomic E-state index is 0.602. The molecular formula is C12H25NOS. The molecule has 0 saturated heterocycles. The van der Waals surface area contributed by atoms with Crippen LogP contribution in [0, 0.1) is 0 Å². The topological polar surface area (TPSA) is 29.1 Å². The molecule has 0 bridgehead atoms. The van der Waals surface area contributed by atoms with Crippen molar-refractivity contribution in [2.45, 2.75) is 57.9 Å². The molecule has 2 nitrogen and oxygen atoms in total. The van der Waals surface area contributed by atoms with Gasteiger partial charge >= 0.3 is 0 Å². The molecule has 0 heterocycles. The van der Waals surface area contributed by atoms with Crippen molar-refractivity contribution in [2.75, 3.05) is 18.1 Å². The van der Waals surface area contributed by atoms with Crippen molar-refractivity contribution in [2.24, 2.45) is 0 Å². The molecular weight excluding hydrogens is 206 g/mol. The zero-order chi connectivity index (χ0) is 10.9. The van der Waals surface area contributed by atoms with Crippen molar-refractivity contribution in [1.29, 1.82) is 0 Å². The summed E-state index contributed by atoms with van der Waals surface area (Å²) >= 11 is 0. The Morgan fingerprint density at radius 1 is 1.13 bits per heavy atom. The van der Waals surface area contributed by atoms with Gasteiger partial charge in [-0.25, -0.2) is 0 Å². The van der Waals surface area contributed by atoms with Crippen molar-refractivity contribution >= 4 is 10.8 Å². The van der Waals surface area contributed by atoms with Gasteiger partial charge in [0.05, 0.1) is 0 Å². The van der Waals surface area contributed by atoms with Gasteiger partial charge in [-0.1, -0.05) is 39.0 Å². The van der Waals surface area contributed by atoms with Crippen molar-refractivity contribution in [3.63, 3.8) is 0 Å². The van der Waals surface area contributed by atoms with E-state index in [4.69, 9.17) is 0 Å². The van der Waals surface area contributed by atoms with Crippen molar-refractivity contribution in [3.05, 3.63) is 0 Å². The van der Waals surface area contributed by atoms with Crippen molar-refractivity contribution in [1.82, 2.24) is 5.32 Å². The van der Waals surface area contributed by atoms with Crippen LogP contribution in [-0.2, 0) is 10.8 Å². The molecule has 90 valence electrons. The maximum atomic E-state index is 11.2. The molecule has 1 aliphatic carbocycles. The van der Waals surface area contributed by atoms with Gasteiger partial charge in [0, 0.05) is 34.9 Å². The molecule has 0 spiro atoms. The van der Waals surface area contributed by atoms with Gasteiger partial charge in [-0.2, -0.15) is 0 Å². The van der Waals surface area contributed by atoms with Crippen LogP contribution < -0.4 is 5.32 Å². The molecule has 1 atom stereocenters. The molecule has 0 aromatic heterocycles. The molecule has 0 aromatic rings. The first-order valence-corrected chi connectivity index (χ1v) is 7.90. The van der Waals surface area contributed by atoms with E-state index in [0.29, 0.717) is 6.04 Å². The number of nitrogens with one attached hydrogen (secondary N) is 1. The number of hydrogen-bond donors (Lipinski definition) is 1. The Kier molecular flexibility index (Phi) is 7.28. The molecule has 0 amide bonds. The molecule has 1 rings (SSSR count). The second kappa shape index (κ2) is 8.28. The second-order valence-corrected chi connectivity index (χ2v) is 6.29. The lowest BCUT2D eigenvalue weighted by Gasteiger charge is -2.20. The van der Waals surface area contributed by atoms with E-state index in [-0.39, 0.29) is 0 Å². The molecule has 0 aliphatic heterocycles. The smallest absolute Gasteiger partial charge is 0.0360 e. The van der Waals surface area contributed by atoms with Crippen molar-refractivity contribution < 1.29 is 4.21 Å². The molecule has 0 radical (unpaired) electrons. The highest BCUT2D eigenvalue weighted by atomic mass is 32.2. The molecule has 1 fully saturated rings. The third-order valence-electron chi connectivity index (χ3n) is 3.19. The summed E-state index contributed by atoms with van der Waals surface area (Å²) in [5.41, 5.74) is 0. The van der Waals surface area contributed by atoms with Gasteiger partial charge in [0.25, 0.3) is 0 Å². The van der Waals surface area contributed by atoms with Crippen LogP contribution in [0.3, 0.4) is 0 Å². The summed E-state index contributed by atoms with van der Waals surface area (Å²) in [5.74, 6) is 1.62. The lowest BCUT2D eigenvalue weighted by molar-refractivity contribution is 0.397. The summed E-state index contributed by atoms with van der Waals surface area (Å²) in [4.78, 5) is 0. The first-order chi connectivity index (χ1) is 7.33. The van der Waals surface area contributed by atoms with E-state index >= 15 is 0 Å². The Labute approximate surface area is 96.7 Å². The van der Waals surface area contributed by atoms with E-state index in [9.17, 15) is 4.21 Å². The van der Waals surface area contributed by atoms with Crippen LogP contribution in [0.2, 0.25) is 0 Å². The van der Waals surface area contributed by atoms with E-state index in [1.54, 1.807) is 0 Å². The van der Waals surface area contributed by atoms with Gasteiger partial charge in [0.1, 0.15) is 0 Å². The highest BCUT2D eigenvalue weighted by Crippen LogP contribution is 2.16. The lowest BCUT2D eigenvalue weighted by Crippen LogP contribution is -2.33. The predicted molar refractivity (Wildman–Crippen MR) is 67.7 cm³/mol. The van der Waals surface area contributed by atoms with Gasteiger partial charge in [0.15, 0.2) is 0 Å². The fourth-order valence-corrected chi connectivity index (χ4v) is 2.82. The standard InChI is InChI=1S/C12H25NOS/c1-2-15(14)11-10-13-12-8-6-4-3-5-7-9-12/h12-13H,2-11H2,1H3. The maximum Gasteiger partial charge on any atom is 0.0360 e. The monoisotopic (exact) mass is 231 g/mol. The summed E-state index contributed by atoms with van der Waals surface area (Å²) in [5, 5.41) is 3.56. The first kappa shape index (κ1) is 13.2. The van der Waals surface area contributed by atoms with Crippen LogP contribution in [-0.4, -0.2) is 28.3 Å². The van der Waals surface area contributed by atoms with Crippen LogP contribution in [0.25, 0.3) is 0 Å². The average molecular weight is 231 g/mol. The Balaban J connectivity index is 2.09. The third kappa shape index (κ3) is 6.31. The summed E-state index contributed by atoms with van der Waals surface area (Å²) in [7, 11) is -0.602. The van der Waals surface area contributed by atoms with Gasteiger partial charge in [-0.15, -0.1) is 0 Å².